The molecule has 0 amide bonds. The summed E-state index contributed by atoms with van der Waals surface area (Å²) in [5.74, 6) is 0. The summed E-state index contributed by atoms with van der Waals surface area (Å²) in [6.45, 7) is 12.5. The Hall–Kier alpha value is -0.690. The number of sulfonamides is 1. The largest absolute Gasteiger partial charge is 0.310 e. The van der Waals surface area contributed by atoms with Gasteiger partial charge in [0.15, 0.2) is 0 Å². The maximum Gasteiger partial charge on any atom is 0.244 e. The molecule has 1 rings (SSSR count). The molecule has 0 fully saturated rings. The van der Waals surface area contributed by atoms with Gasteiger partial charge in [-0.2, -0.15) is 4.31 Å². The highest BCUT2D eigenvalue weighted by molar-refractivity contribution is 7.89. The van der Waals surface area contributed by atoms with Crippen LogP contribution in [0.1, 0.15) is 31.2 Å². The number of nitrogens with zero attached hydrogens (tertiary/aromatic N) is 1. The maximum atomic E-state index is 12.7. The van der Waals surface area contributed by atoms with Crippen molar-refractivity contribution < 1.29 is 8.42 Å². The Morgan fingerprint density at radius 1 is 1.50 bits per heavy atom. The Kier molecular flexibility index (Phi) is 5.94. The summed E-state index contributed by atoms with van der Waals surface area (Å²) in [6.07, 6.45) is 0. The van der Waals surface area contributed by atoms with Gasteiger partial charge in [-0.15, -0.1) is 11.3 Å². The Bertz CT molecular complexity index is 574. The van der Waals surface area contributed by atoms with Crippen LogP contribution in [-0.2, 0) is 16.6 Å². The van der Waals surface area contributed by atoms with Crippen LogP contribution in [0.5, 0.6) is 0 Å². The molecule has 0 bridgehead atoms. The second-order valence-electron chi connectivity index (χ2n) is 5.42. The summed E-state index contributed by atoms with van der Waals surface area (Å²) in [6, 6.07) is 0.320. The molecule has 0 aliphatic heterocycles. The summed E-state index contributed by atoms with van der Waals surface area (Å²) in [5.41, 5.74) is 1.63. The van der Waals surface area contributed by atoms with E-state index in [2.05, 4.69) is 11.9 Å². The van der Waals surface area contributed by atoms with E-state index in [1.807, 2.05) is 33.1 Å². The summed E-state index contributed by atoms with van der Waals surface area (Å²) in [5, 5.41) is 5.18. The van der Waals surface area contributed by atoms with E-state index in [-0.39, 0.29) is 0 Å². The van der Waals surface area contributed by atoms with Gasteiger partial charge >= 0.3 is 0 Å². The van der Waals surface area contributed by atoms with Crippen LogP contribution in [0.15, 0.2) is 22.4 Å². The van der Waals surface area contributed by atoms with Gasteiger partial charge < -0.3 is 5.32 Å². The van der Waals surface area contributed by atoms with Crippen molar-refractivity contribution in [3.63, 3.8) is 0 Å². The van der Waals surface area contributed by atoms with Crippen molar-refractivity contribution >= 4 is 21.4 Å². The van der Waals surface area contributed by atoms with Crippen molar-refractivity contribution in [3.05, 3.63) is 28.0 Å². The molecule has 0 aromatic carbocycles. The molecule has 0 aliphatic rings. The molecular weight excluding hydrogens is 292 g/mol. The molecule has 0 aliphatic carbocycles. The van der Waals surface area contributed by atoms with Gasteiger partial charge in [0, 0.05) is 31.1 Å². The second kappa shape index (κ2) is 6.85. The van der Waals surface area contributed by atoms with Crippen molar-refractivity contribution in [1.29, 1.82) is 0 Å². The number of rotatable bonds is 7. The molecule has 1 heterocycles. The molecule has 4 nitrogen and oxygen atoms in total. The van der Waals surface area contributed by atoms with Crippen LogP contribution < -0.4 is 5.32 Å². The van der Waals surface area contributed by atoms with E-state index in [4.69, 9.17) is 0 Å². The lowest BCUT2D eigenvalue weighted by Gasteiger charge is -2.19. The number of aryl methyl sites for hydroxylation is 1. The van der Waals surface area contributed by atoms with Crippen LogP contribution in [0.2, 0.25) is 0 Å². The zero-order chi connectivity index (χ0) is 15.5. The monoisotopic (exact) mass is 316 g/mol. The van der Waals surface area contributed by atoms with Crippen molar-refractivity contribution in [2.24, 2.45) is 0 Å². The molecule has 0 radical (unpaired) electrons. The smallest absolute Gasteiger partial charge is 0.244 e. The highest BCUT2D eigenvalue weighted by Crippen LogP contribution is 2.29. The summed E-state index contributed by atoms with van der Waals surface area (Å²) in [7, 11) is -1.86. The average Bonchev–Trinajstić information content (AvgIpc) is 2.67. The van der Waals surface area contributed by atoms with Gasteiger partial charge in [-0.05, 0) is 24.8 Å². The fourth-order valence-corrected chi connectivity index (χ4v) is 4.81. The summed E-state index contributed by atoms with van der Waals surface area (Å²) in [4.78, 5) is 1.31. The SMILES string of the molecule is C=C(C)CN(C)S(=O)(=O)c1c(C)csc1CNC(C)C. The molecule has 0 saturated carbocycles. The lowest BCUT2D eigenvalue weighted by atomic mass is 10.3. The zero-order valence-electron chi connectivity index (χ0n) is 12.9. The number of hydrogen-bond donors (Lipinski definition) is 1. The van der Waals surface area contributed by atoms with Gasteiger partial charge in [-0.1, -0.05) is 26.0 Å². The van der Waals surface area contributed by atoms with E-state index in [0.717, 1.165) is 16.0 Å². The van der Waals surface area contributed by atoms with Crippen LogP contribution in [0.25, 0.3) is 0 Å². The first-order valence-electron chi connectivity index (χ1n) is 6.57. The third-order valence-corrected chi connectivity index (χ3v) is 6.09. The topological polar surface area (TPSA) is 49.4 Å². The Balaban J connectivity index is 3.11. The fourth-order valence-electron chi connectivity index (χ4n) is 1.87. The Morgan fingerprint density at radius 2 is 2.10 bits per heavy atom. The van der Waals surface area contributed by atoms with Crippen LogP contribution in [0.3, 0.4) is 0 Å². The molecule has 0 unspecified atom stereocenters. The minimum absolute atomic E-state index is 0.320. The number of hydrogen-bond acceptors (Lipinski definition) is 4. The first kappa shape index (κ1) is 17.4. The van der Waals surface area contributed by atoms with Gasteiger partial charge in [0.1, 0.15) is 4.90 Å². The number of likely N-dealkylation sites (N-methyl/N-ethyl adjacent to an activating group) is 1. The fraction of sp³-hybridized carbons (Fsp3) is 0.571. The van der Waals surface area contributed by atoms with E-state index < -0.39 is 10.0 Å². The average molecular weight is 316 g/mol. The quantitative estimate of drug-likeness (QED) is 0.787. The third-order valence-electron chi connectivity index (χ3n) is 2.82. The van der Waals surface area contributed by atoms with Crippen molar-refractivity contribution in [2.75, 3.05) is 13.6 Å². The van der Waals surface area contributed by atoms with Gasteiger partial charge in [-0.25, -0.2) is 8.42 Å². The molecular formula is C14H24N2O2S2. The van der Waals surface area contributed by atoms with Crippen LogP contribution in [0.4, 0.5) is 0 Å². The minimum Gasteiger partial charge on any atom is -0.310 e. The first-order chi connectivity index (χ1) is 9.16. The summed E-state index contributed by atoms with van der Waals surface area (Å²) < 4.78 is 26.7. The number of thiophene rings is 1. The van der Waals surface area contributed by atoms with Crippen molar-refractivity contribution in [1.82, 2.24) is 9.62 Å². The molecule has 6 heteroatoms. The molecule has 0 saturated heterocycles. The maximum absolute atomic E-state index is 12.7. The molecule has 0 spiro atoms. The van der Waals surface area contributed by atoms with E-state index in [1.165, 1.54) is 15.6 Å². The predicted octanol–water partition coefficient (Wildman–Crippen LogP) is 2.75. The van der Waals surface area contributed by atoms with Crippen LogP contribution in [-0.4, -0.2) is 32.4 Å². The standard InChI is InChI=1S/C14H24N2O2S2/c1-10(2)8-16(6)20(17,18)14-12(5)9-19-13(14)7-15-11(3)4/h9,11,15H,1,7-8H2,2-6H3. The molecule has 1 aromatic heterocycles. The Labute approximate surface area is 126 Å². The second-order valence-corrected chi connectivity index (χ2v) is 8.37. The summed E-state index contributed by atoms with van der Waals surface area (Å²) >= 11 is 1.49. The lowest BCUT2D eigenvalue weighted by molar-refractivity contribution is 0.491. The molecule has 114 valence electrons. The van der Waals surface area contributed by atoms with Crippen LogP contribution >= 0.6 is 11.3 Å². The molecule has 1 N–H and O–H groups in total. The molecule has 20 heavy (non-hydrogen) atoms. The normalized spacial score (nSPS) is 12.3. The Morgan fingerprint density at radius 3 is 2.60 bits per heavy atom. The van der Waals surface area contributed by atoms with Crippen LogP contribution in [0, 0.1) is 6.92 Å². The minimum atomic E-state index is -3.46. The molecule has 0 atom stereocenters. The van der Waals surface area contributed by atoms with Gasteiger partial charge in [0.25, 0.3) is 0 Å². The van der Waals surface area contributed by atoms with E-state index >= 15 is 0 Å². The number of nitrogens with one attached hydrogen (secondary N) is 1. The van der Waals surface area contributed by atoms with E-state index in [1.54, 1.807) is 7.05 Å². The third kappa shape index (κ3) is 4.15. The highest BCUT2D eigenvalue weighted by Gasteiger charge is 2.27. The van der Waals surface area contributed by atoms with E-state index in [0.29, 0.717) is 24.0 Å². The first-order valence-corrected chi connectivity index (χ1v) is 8.89. The predicted molar refractivity (Wildman–Crippen MR) is 85.7 cm³/mol. The van der Waals surface area contributed by atoms with Gasteiger partial charge in [-0.3, -0.25) is 0 Å². The van der Waals surface area contributed by atoms with Crippen molar-refractivity contribution in [3.8, 4) is 0 Å². The van der Waals surface area contributed by atoms with Gasteiger partial charge in [0.05, 0.1) is 0 Å². The highest BCUT2D eigenvalue weighted by atomic mass is 32.2. The van der Waals surface area contributed by atoms with Gasteiger partial charge in [0.2, 0.25) is 10.0 Å². The van der Waals surface area contributed by atoms with Crippen molar-refractivity contribution in [2.45, 2.75) is 45.2 Å². The van der Waals surface area contributed by atoms with E-state index in [9.17, 15) is 8.42 Å². The zero-order valence-corrected chi connectivity index (χ0v) is 14.5. The lowest BCUT2D eigenvalue weighted by Crippen LogP contribution is -2.30. The molecule has 1 aromatic rings.